The van der Waals surface area contributed by atoms with E-state index in [1.54, 1.807) is 24.0 Å². The third-order valence-electron chi connectivity index (χ3n) is 7.31. The average molecular weight is 641 g/mol. The molecule has 4 heterocycles. The molecule has 1 unspecified atom stereocenters. The van der Waals surface area contributed by atoms with Crippen LogP contribution in [0.5, 0.6) is 0 Å². The summed E-state index contributed by atoms with van der Waals surface area (Å²) in [6.45, 7) is 3.19. The lowest BCUT2D eigenvalue weighted by atomic mass is 9.96. The largest absolute Gasteiger partial charge is 0.480 e. The van der Waals surface area contributed by atoms with Crippen LogP contribution in [0.25, 0.3) is 0 Å². The van der Waals surface area contributed by atoms with Gasteiger partial charge in [-0.3, -0.25) is 14.6 Å². The second-order valence-electron chi connectivity index (χ2n) is 9.80. The van der Waals surface area contributed by atoms with Crippen LogP contribution in [0.4, 0.5) is 13.2 Å². The first-order valence-electron chi connectivity index (χ1n) is 12.2. The number of hydrogen-bond acceptors (Lipinski definition) is 5. The number of carbonyl (C=O) groups excluding carboxylic acids is 2. The normalized spacial score (nSPS) is 19.7. The van der Waals surface area contributed by atoms with Gasteiger partial charge in [0.1, 0.15) is 11.4 Å². The van der Waals surface area contributed by atoms with Crippen molar-refractivity contribution in [3.8, 4) is 0 Å². The fraction of sp³-hybridized carbons (Fsp3) is 0.346. The Labute approximate surface area is 239 Å². The SMILES string of the molecule is CC(c1ccc(C(F)(F)F)nc1)N1C[C@@H](C(=O)O)n2nc3c(c2C1=O)CN(C(=O)c1ccc(Br)c(Cl)c1)[C@H](C)C3. The number of alkyl halides is 3. The summed E-state index contributed by atoms with van der Waals surface area (Å²) < 4.78 is 40.8. The molecule has 0 saturated carbocycles. The Bertz CT molecular complexity index is 1530. The Hall–Kier alpha value is -3.45. The van der Waals surface area contributed by atoms with Gasteiger partial charge in [0, 0.05) is 34.3 Å². The highest BCUT2D eigenvalue weighted by Crippen LogP contribution is 2.36. The van der Waals surface area contributed by atoms with Gasteiger partial charge in [-0.25, -0.2) is 9.48 Å². The van der Waals surface area contributed by atoms with Crippen LogP contribution < -0.4 is 0 Å². The van der Waals surface area contributed by atoms with Gasteiger partial charge in [0.15, 0.2) is 6.04 Å². The summed E-state index contributed by atoms with van der Waals surface area (Å²) in [5.41, 5.74) is 0.585. The monoisotopic (exact) mass is 639 g/mol. The smallest absolute Gasteiger partial charge is 0.433 e. The molecule has 9 nitrogen and oxygen atoms in total. The number of rotatable bonds is 4. The van der Waals surface area contributed by atoms with E-state index in [2.05, 4.69) is 26.0 Å². The lowest BCUT2D eigenvalue weighted by molar-refractivity contribution is -0.142. The van der Waals surface area contributed by atoms with E-state index in [-0.39, 0.29) is 30.7 Å². The molecule has 1 N–H and O–H groups in total. The molecule has 0 aliphatic carbocycles. The molecule has 2 aliphatic rings. The van der Waals surface area contributed by atoms with E-state index in [0.717, 1.165) is 12.3 Å². The summed E-state index contributed by atoms with van der Waals surface area (Å²) in [5.74, 6) is -2.07. The Morgan fingerprint density at radius 3 is 2.55 bits per heavy atom. The van der Waals surface area contributed by atoms with Gasteiger partial charge in [-0.15, -0.1) is 0 Å². The van der Waals surface area contributed by atoms with Crippen LogP contribution in [0.15, 0.2) is 41.0 Å². The number of halogens is 5. The van der Waals surface area contributed by atoms with Crippen LogP contribution in [0, 0.1) is 0 Å². The quantitative estimate of drug-likeness (QED) is 0.423. The second kappa shape index (κ2) is 10.2. The molecule has 0 bridgehead atoms. The minimum atomic E-state index is -4.62. The van der Waals surface area contributed by atoms with E-state index >= 15 is 0 Å². The van der Waals surface area contributed by atoms with Crippen LogP contribution >= 0.6 is 27.5 Å². The third-order valence-corrected chi connectivity index (χ3v) is 8.54. The summed E-state index contributed by atoms with van der Waals surface area (Å²) in [7, 11) is 0. The molecule has 0 fully saturated rings. The zero-order valence-corrected chi connectivity index (χ0v) is 23.5. The summed E-state index contributed by atoms with van der Waals surface area (Å²) >= 11 is 9.49. The molecule has 3 aromatic rings. The van der Waals surface area contributed by atoms with Crippen molar-refractivity contribution in [2.75, 3.05) is 6.54 Å². The van der Waals surface area contributed by atoms with E-state index in [9.17, 15) is 32.7 Å². The molecule has 2 amide bonds. The number of fused-ring (bicyclic) bond motifs is 3. The number of amides is 2. The lowest BCUT2D eigenvalue weighted by Crippen LogP contribution is -2.47. The molecule has 210 valence electrons. The first-order valence-corrected chi connectivity index (χ1v) is 13.4. The fourth-order valence-electron chi connectivity index (χ4n) is 5.08. The lowest BCUT2D eigenvalue weighted by Gasteiger charge is -2.37. The highest BCUT2D eigenvalue weighted by Gasteiger charge is 2.44. The molecule has 0 spiro atoms. The number of carbonyl (C=O) groups is 3. The Morgan fingerprint density at radius 1 is 1.23 bits per heavy atom. The average Bonchev–Trinajstić information content (AvgIpc) is 3.27. The molecule has 2 aliphatic heterocycles. The number of carboxylic acid groups (broad SMARTS) is 1. The number of aromatic nitrogens is 3. The van der Waals surface area contributed by atoms with Crippen LogP contribution in [-0.2, 0) is 23.9 Å². The van der Waals surface area contributed by atoms with Crippen LogP contribution in [0.3, 0.4) is 0 Å². The van der Waals surface area contributed by atoms with Crippen molar-refractivity contribution >= 4 is 45.3 Å². The van der Waals surface area contributed by atoms with Crippen molar-refractivity contribution in [1.82, 2.24) is 24.6 Å². The molecule has 1 aromatic carbocycles. The molecular formula is C26H22BrClF3N5O4. The molecule has 2 aromatic heterocycles. The van der Waals surface area contributed by atoms with Crippen molar-refractivity contribution in [3.63, 3.8) is 0 Å². The summed E-state index contributed by atoms with van der Waals surface area (Å²) in [4.78, 5) is 45.9. The topological polar surface area (TPSA) is 109 Å². The predicted octanol–water partition coefficient (Wildman–Crippen LogP) is 5.14. The Kier molecular flexibility index (Phi) is 7.15. The van der Waals surface area contributed by atoms with Crippen molar-refractivity contribution in [2.45, 2.75) is 51.1 Å². The maximum Gasteiger partial charge on any atom is 0.433 e. The zero-order valence-electron chi connectivity index (χ0n) is 21.1. The van der Waals surface area contributed by atoms with Crippen molar-refractivity contribution < 1.29 is 32.7 Å². The minimum Gasteiger partial charge on any atom is -0.480 e. The van der Waals surface area contributed by atoms with E-state index in [0.29, 0.717) is 38.3 Å². The third kappa shape index (κ3) is 4.85. The van der Waals surface area contributed by atoms with Gasteiger partial charge in [0.05, 0.1) is 29.8 Å². The highest BCUT2D eigenvalue weighted by atomic mass is 79.9. The number of carboxylic acids is 1. The second-order valence-corrected chi connectivity index (χ2v) is 11.1. The first kappa shape index (κ1) is 28.1. The van der Waals surface area contributed by atoms with E-state index < -0.39 is 35.8 Å². The van der Waals surface area contributed by atoms with Crippen molar-refractivity contribution in [1.29, 1.82) is 0 Å². The summed E-state index contributed by atoms with van der Waals surface area (Å²) in [6.07, 6.45) is -3.29. The zero-order chi connectivity index (χ0) is 29.1. The molecule has 14 heteroatoms. The number of pyridine rings is 1. The molecular weight excluding hydrogens is 619 g/mol. The van der Waals surface area contributed by atoms with E-state index in [1.165, 1.54) is 21.7 Å². The van der Waals surface area contributed by atoms with Gasteiger partial charge in [-0.05, 0) is 59.6 Å². The fourth-order valence-corrected chi connectivity index (χ4v) is 5.51. The number of hydrogen-bond donors (Lipinski definition) is 1. The molecule has 40 heavy (non-hydrogen) atoms. The predicted molar refractivity (Wildman–Crippen MR) is 140 cm³/mol. The molecule has 3 atom stereocenters. The standard InChI is InChI=1S/C26H22BrClF3N5O4/c1-12-7-19-16(10-34(12)23(37)14-3-5-17(27)18(28)8-14)22-24(38)35(11-20(25(39)40)36(22)33-19)13(2)15-4-6-21(32-9-15)26(29,30)31/h3-6,8-9,12-13,20H,7,10-11H2,1-2H3,(H,39,40)/t12-,13?,20+/m1/s1. The number of nitrogens with zero attached hydrogens (tertiary/aromatic N) is 5. The molecule has 5 rings (SSSR count). The van der Waals surface area contributed by atoms with Gasteiger partial charge in [-0.1, -0.05) is 17.7 Å². The van der Waals surface area contributed by atoms with Gasteiger partial charge in [0.2, 0.25) is 0 Å². The van der Waals surface area contributed by atoms with E-state index in [4.69, 9.17) is 11.6 Å². The first-order chi connectivity index (χ1) is 18.8. The molecule has 0 saturated heterocycles. The van der Waals surface area contributed by atoms with Gasteiger partial charge < -0.3 is 14.9 Å². The van der Waals surface area contributed by atoms with Gasteiger partial charge in [0.25, 0.3) is 11.8 Å². The maximum absolute atomic E-state index is 13.8. The van der Waals surface area contributed by atoms with E-state index in [1.807, 2.05) is 6.92 Å². The summed E-state index contributed by atoms with van der Waals surface area (Å²) in [5, 5.41) is 14.8. The Balaban J connectivity index is 1.50. The van der Waals surface area contributed by atoms with Gasteiger partial charge in [-0.2, -0.15) is 18.3 Å². The summed E-state index contributed by atoms with van der Waals surface area (Å²) in [6, 6.07) is 4.55. The maximum atomic E-state index is 13.8. The van der Waals surface area contributed by atoms with Crippen LogP contribution in [0.1, 0.15) is 69.3 Å². The van der Waals surface area contributed by atoms with Crippen LogP contribution in [0.2, 0.25) is 5.02 Å². The number of aliphatic carboxylic acids is 1. The number of benzene rings is 1. The minimum absolute atomic E-state index is 0.0144. The Morgan fingerprint density at radius 2 is 1.95 bits per heavy atom. The van der Waals surface area contributed by atoms with Gasteiger partial charge >= 0.3 is 12.1 Å². The molecule has 0 radical (unpaired) electrons. The van der Waals surface area contributed by atoms with Crippen molar-refractivity contribution in [3.05, 3.63) is 79.8 Å². The van der Waals surface area contributed by atoms with Crippen molar-refractivity contribution in [2.24, 2.45) is 0 Å². The van der Waals surface area contributed by atoms with Crippen LogP contribution in [-0.4, -0.2) is 60.0 Å². The highest BCUT2D eigenvalue weighted by molar-refractivity contribution is 9.10.